The Bertz CT molecular complexity index is 286. The lowest BCUT2D eigenvalue weighted by atomic mass is 9.97. The molecule has 1 saturated heterocycles. The predicted molar refractivity (Wildman–Crippen MR) is 74.8 cm³/mol. The second-order valence-electron chi connectivity index (χ2n) is 5.92. The first kappa shape index (κ1) is 14.8. The van der Waals surface area contributed by atoms with Crippen molar-refractivity contribution in [1.29, 1.82) is 0 Å². The van der Waals surface area contributed by atoms with Gasteiger partial charge in [0.05, 0.1) is 6.04 Å². The van der Waals surface area contributed by atoms with Gasteiger partial charge in [-0.2, -0.15) is 0 Å². The maximum Gasteiger partial charge on any atom is 0.234 e. The molecule has 5 nitrogen and oxygen atoms in total. The molecule has 2 fully saturated rings. The molecule has 0 aromatic rings. The van der Waals surface area contributed by atoms with E-state index in [2.05, 4.69) is 10.2 Å². The number of amides is 1. The fraction of sp³-hybridized carbons (Fsp3) is 0.929. The molecule has 5 heteroatoms. The molecule has 1 amide bonds. The zero-order chi connectivity index (χ0) is 13.7. The summed E-state index contributed by atoms with van der Waals surface area (Å²) in [7, 11) is 1.77. The summed E-state index contributed by atoms with van der Waals surface area (Å²) in [6.45, 7) is 4.07. The van der Waals surface area contributed by atoms with E-state index in [-0.39, 0.29) is 11.9 Å². The maximum absolute atomic E-state index is 11.4. The van der Waals surface area contributed by atoms with Crippen LogP contribution in [0.4, 0.5) is 0 Å². The van der Waals surface area contributed by atoms with E-state index in [0.29, 0.717) is 12.0 Å². The molecule has 2 rings (SSSR count). The third kappa shape index (κ3) is 5.09. The number of piperidine rings is 1. The Morgan fingerprint density at radius 2 is 2.05 bits per heavy atom. The first-order valence-electron chi connectivity index (χ1n) is 7.45. The van der Waals surface area contributed by atoms with Crippen molar-refractivity contribution in [3.63, 3.8) is 0 Å². The van der Waals surface area contributed by atoms with Crippen molar-refractivity contribution in [2.24, 2.45) is 11.7 Å². The van der Waals surface area contributed by atoms with E-state index in [1.165, 1.54) is 25.7 Å². The summed E-state index contributed by atoms with van der Waals surface area (Å²) in [4.78, 5) is 13.8. The molecule has 2 aliphatic rings. The average molecular weight is 269 g/mol. The van der Waals surface area contributed by atoms with Crippen LogP contribution < -0.4 is 11.1 Å². The van der Waals surface area contributed by atoms with Crippen LogP contribution in [0.3, 0.4) is 0 Å². The average Bonchev–Trinajstić information content (AvgIpc) is 3.20. The standard InChI is InChI=1S/C14H27N3O2/c1-19-10-11-4-7-17(8-5-11)9-6-13(14(15)18)16-12-2-3-12/h11-13,16H,2-10H2,1H3,(H2,15,18). The first-order chi connectivity index (χ1) is 9.19. The lowest BCUT2D eigenvalue weighted by Crippen LogP contribution is -2.45. The third-order valence-corrected chi connectivity index (χ3v) is 4.20. The second-order valence-corrected chi connectivity index (χ2v) is 5.92. The highest BCUT2D eigenvalue weighted by atomic mass is 16.5. The molecular weight excluding hydrogens is 242 g/mol. The fourth-order valence-corrected chi connectivity index (χ4v) is 2.77. The normalized spacial score (nSPS) is 23.4. The van der Waals surface area contributed by atoms with E-state index >= 15 is 0 Å². The quantitative estimate of drug-likeness (QED) is 0.667. The van der Waals surface area contributed by atoms with Crippen LogP contribution in [0, 0.1) is 5.92 Å². The van der Waals surface area contributed by atoms with Crippen LogP contribution in [-0.2, 0) is 9.53 Å². The number of likely N-dealkylation sites (tertiary alicyclic amines) is 1. The molecule has 0 bridgehead atoms. The molecular formula is C14H27N3O2. The number of carbonyl (C=O) groups excluding carboxylic acids is 1. The van der Waals surface area contributed by atoms with E-state index in [9.17, 15) is 4.79 Å². The highest BCUT2D eigenvalue weighted by Gasteiger charge is 2.28. The Morgan fingerprint density at radius 3 is 2.58 bits per heavy atom. The van der Waals surface area contributed by atoms with Crippen LogP contribution in [-0.4, -0.2) is 56.2 Å². The van der Waals surface area contributed by atoms with Gasteiger partial charge >= 0.3 is 0 Å². The maximum atomic E-state index is 11.4. The van der Waals surface area contributed by atoms with Crippen LogP contribution in [0.25, 0.3) is 0 Å². The van der Waals surface area contributed by atoms with Gasteiger partial charge in [0, 0.05) is 26.3 Å². The topological polar surface area (TPSA) is 67.6 Å². The van der Waals surface area contributed by atoms with Crippen molar-refractivity contribution in [2.45, 2.75) is 44.2 Å². The minimum Gasteiger partial charge on any atom is -0.384 e. The van der Waals surface area contributed by atoms with Crippen molar-refractivity contribution in [3.05, 3.63) is 0 Å². The summed E-state index contributed by atoms with van der Waals surface area (Å²) < 4.78 is 5.21. The molecule has 1 aliphatic carbocycles. The van der Waals surface area contributed by atoms with Gasteiger partial charge in [0.1, 0.15) is 0 Å². The van der Waals surface area contributed by atoms with Crippen LogP contribution >= 0.6 is 0 Å². The van der Waals surface area contributed by atoms with Gasteiger partial charge in [-0.3, -0.25) is 4.79 Å². The number of rotatable bonds is 8. The monoisotopic (exact) mass is 269 g/mol. The molecule has 3 N–H and O–H groups in total. The number of nitrogens with two attached hydrogens (primary N) is 1. The number of ether oxygens (including phenoxy) is 1. The number of methoxy groups -OCH3 is 1. The Labute approximate surface area is 115 Å². The lowest BCUT2D eigenvalue weighted by Gasteiger charge is -2.32. The van der Waals surface area contributed by atoms with Gasteiger partial charge in [-0.1, -0.05) is 0 Å². The molecule has 0 aromatic heterocycles. The van der Waals surface area contributed by atoms with Gasteiger partial charge in [-0.05, 0) is 51.1 Å². The van der Waals surface area contributed by atoms with Gasteiger partial charge in [0.25, 0.3) is 0 Å². The minimum atomic E-state index is -0.207. The molecule has 0 radical (unpaired) electrons. The summed E-state index contributed by atoms with van der Waals surface area (Å²) >= 11 is 0. The summed E-state index contributed by atoms with van der Waals surface area (Å²) in [5, 5.41) is 3.34. The summed E-state index contributed by atoms with van der Waals surface area (Å²) in [5.74, 6) is 0.499. The minimum absolute atomic E-state index is 0.149. The zero-order valence-electron chi connectivity index (χ0n) is 11.9. The molecule has 1 unspecified atom stereocenters. The highest BCUT2D eigenvalue weighted by molar-refractivity contribution is 5.79. The van der Waals surface area contributed by atoms with Crippen LogP contribution in [0.15, 0.2) is 0 Å². The number of carbonyl (C=O) groups is 1. The van der Waals surface area contributed by atoms with E-state index in [1.807, 2.05) is 0 Å². The molecule has 0 spiro atoms. The second kappa shape index (κ2) is 7.22. The molecule has 1 atom stereocenters. The third-order valence-electron chi connectivity index (χ3n) is 4.20. The van der Waals surface area contributed by atoms with E-state index in [0.717, 1.165) is 32.7 Å². The summed E-state index contributed by atoms with van der Waals surface area (Å²) in [5.41, 5.74) is 5.45. The van der Waals surface area contributed by atoms with Gasteiger partial charge in [0.2, 0.25) is 5.91 Å². The number of nitrogens with zero attached hydrogens (tertiary/aromatic N) is 1. The van der Waals surface area contributed by atoms with Crippen LogP contribution in [0.5, 0.6) is 0 Å². The van der Waals surface area contributed by atoms with Crippen molar-refractivity contribution >= 4 is 5.91 Å². The molecule has 1 aliphatic heterocycles. The molecule has 19 heavy (non-hydrogen) atoms. The number of primary amides is 1. The Kier molecular flexibility index (Phi) is 5.60. The fourth-order valence-electron chi connectivity index (χ4n) is 2.77. The molecule has 110 valence electrons. The molecule has 0 aromatic carbocycles. The Hall–Kier alpha value is -0.650. The van der Waals surface area contributed by atoms with Crippen molar-refractivity contribution < 1.29 is 9.53 Å². The number of hydrogen-bond acceptors (Lipinski definition) is 4. The molecule has 1 saturated carbocycles. The van der Waals surface area contributed by atoms with Gasteiger partial charge in [-0.25, -0.2) is 0 Å². The largest absolute Gasteiger partial charge is 0.384 e. The summed E-state index contributed by atoms with van der Waals surface area (Å²) in [6.07, 6.45) is 5.61. The number of nitrogens with one attached hydrogen (secondary N) is 1. The van der Waals surface area contributed by atoms with Gasteiger partial charge in [-0.15, -0.1) is 0 Å². The van der Waals surface area contributed by atoms with Gasteiger partial charge in [0.15, 0.2) is 0 Å². The first-order valence-corrected chi connectivity index (χ1v) is 7.45. The van der Waals surface area contributed by atoms with Crippen LogP contribution in [0.1, 0.15) is 32.1 Å². The smallest absolute Gasteiger partial charge is 0.234 e. The van der Waals surface area contributed by atoms with Crippen molar-refractivity contribution in [3.8, 4) is 0 Å². The lowest BCUT2D eigenvalue weighted by molar-refractivity contribution is -0.120. The van der Waals surface area contributed by atoms with Crippen molar-refractivity contribution in [2.75, 3.05) is 33.4 Å². The van der Waals surface area contributed by atoms with Crippen molar-refractivity contribution in [1.82, 2.24) is 10.2 Å². The summed E-state index contributed by atoms with van der Waals surface area (Å²) in [6, 6.07) is 0.383. The molecule has 1 heterocycles. The zero-order valence-corrected chi connectivity index (χ0v) is 11.9. The van der Waals surface area contributed by atoms with Crippen LogP contribution in [0.2, 0.25) is 0 Å². The van der Waals surface area contributed by atoms with E-state index in [4.69, 9.17) is 10.5 Å². The SMILES string of the molecule is COCC1CCN(CCC(NC2CC2)C(N)=O)CC1. The van der Waals surface area contributed by atoms with E-state index < -0.39 is 0 Å². The predicted octanol–water partition coefficient (Wildman–Crippen LogP) is 0.341. The Morgan fingerprint density at radius 1 is 1.37 bits per heavy atom. The van der Waals surface area contributed by atoms with Gasteiger partial charge < -0.3 is 20.7 Å². The van der Waals surface area contributed by atoms with E-state index in [1.54, 1.807) is 7.11 Å². The highest BCUT2D eigenvalue weighted by Crippen LogP contribution is 2.21. The Balaban J connectivity index is 1.65. The number of hydrogen-bond donors (Lipinski definition) is 2.